The number of nitrogens with zero attached hydrogens (tertiary/aromatic N) is 1. The molecule has 0 bridgehead atoms. The molecular formula is C12H15N3O. The summed E-state index contributed by atoms with van der Waals surface area (Å²) in [5.74, 6) is 0. The minimum Gasteiger partial charge on any atom is -0.395 e. The molecule has 0 saturated carbocycles. The molecule has 0 amide bonds. The van der Waals surface area contributed by atoms with Gasteiger partial charge in [-0.2, -0.15) is 5.26 Å². The summed E-state index contributed by atoms with van der Waals surface area (Å²) in [5.41, 5.74) is 2.22. The second kappa shape index (κ2) is 6.72. The first-order chi connectivity index (χ1) is 7.76. The maximum Gasteiger partial charge on any atom is 0.0991 e. The van der Waals surface area contributed by atoms with Crippen molar-refractivity contribution in [2.24, 2.45) is 0 Å². The Labute approximate surface area is 95.0 Å². The fourth-order valence-corrected chi connectivity index (χ4v) is 1.32. The molecule has 0 aliphatic rings. The van der Waals surface area contributed by atoms with Gasteiger partial charge < -0.3 is 15.8 Å². The molecular weight excluding hydrogens is 202 g/mol. The van der Waals surface area contributed by atoms with Crippen molar-refractivity contribution >= 4 is 5.71 Å². The Morgan fingerprint density at radius 2 is 2.06 bits per heavy atom. The second-order valence-electron chi connectivity index (χ2n) is 3.49. The van der Waals surface area contributed by atoms with E-state index in [4.69, 9.17) is 15.8 Å². The Morgan fingerprint density at radius 1 is 1.38 bits per heavy atom. The molecule has 1 aromatic carbocycles. The summed E-state index contributed by atoms with van der Waals surface area (Å²) in [6.45, 7) is 1.08. The van der Waals surface area contributed by atoms with E-state index in [-0.39, 0.29) is 6.61 Å². The zero-order valence-electron chi connectivity index (χ0n) is 9.03. The van der Waals surface area contributed by atoms with Crippen molar-refractivity contribution in [3.05, 3.63) is 35.4 Å². The summed E-state index contributed by atoms with van der Waals surface area (Å²) in [7, 11) is 0. The van der Waals surface area contributed by atoms with Gasteiger partial charge in [-0.15, -0.1) is 0 Å². The van der Waals surface area contributed by atoms with Crippen LogP contribution in [-0.4, -0.2) is 30.5 Å². The molecule has 4 nitrogen and oxygen atoms in total. The molecule has 0 aromatic heterocycles. The van der Waals surface area contributed by atoms with Gasteiger partial charge in [0, 0.05) is 25.2 Å². The van der Waals surface area contributed by atoms with Crippen LogP contribution in [0.15, 0.2) is 24.3 Å². The summed E-state index contributed by atoms with van der Waals surface area (Å²) in [6, 6.07) is 9.28. The molecule has 1 aromatic rings. The van der Waals surface area contributed by atoms with Crippen LogP contribution in [0.5, 0.6) is 0 Å². The number of hydrogen-bond donors (Lipinski definition) is 3. The molecule has 0 fully saturated rings. The van der Waals surface area contributed by atoms with E-state index < -0.39 is 0 Å². The molecule has 3 N–H and O–H groups in total. The summed E-state index contributed by atoms with van der Waals surface area (Å²) >= 11 is 0. The fourth-order valence-electron chi connectivity index (χ4n) is 1.32. The van der Waals surface area contributed by atoms with E-state index in [0.29, 0.717) is 30.8 Å². The van der Waals surface area contributed by atoms with Crippen LogP contribution in [0.2, 0.25) is 0 Å². The molecule has 16 heavy (non-hydrogen) atoms. The monoisotopic (exact) mass is 217 g/mol. The molecule has 4 heteroatoms. The highest BCUT2D eigenvalue weighted by atomic mass is 16.3. The molecule has 0 heterocycles. The van der Waals surface area contributed by atoms with E-state index in [1.165, 1.54) is 0 Å². The number of aliphatic hydroxyl groups excluding tert-OH is 1. The van der Waals surface area contributed by atoms with Crippen molar-refractivity contribution < 1.29 is 5.11 Å². The number of nitriles is 1. The molecule has 0 spiro atoms. The van der Waals surface area contributed by atoms with Crippen LogP contribution in [0, 0.1) is 16.7 Å². The standard InChI is InChI=1S/C12H15N3O/c13-8-11-3-1-10(2-4-11)7-12(14)9-15-5-6-16/h1-4,14-16H,5-7,9H2. The van der Waals surface area contributed by atoms with Gasteiger partial charge in [0.25, 0.3) is 0 Å². The van der Waals surface area contributed by atoms with Crippen LogP contribution < -0.4 is 5.32 Å². The average molecular weight is 217 g/mol. The first kappa shape index (κ1) is 12.4. The first-order valence-electron chi connectivity index (χ1n) is 5.13. The minimum atomic E-state index is 0.0874. The third-order valence-electron chi connectivity index (χ3n) is 2.13. The average Bonchev–Trinajstić information content (AvgIpc) is 2.30. The number of benzene rings is 1. The van der Waals surface area contributed by atoms with E-state index >= 15 is 0 Å². The van der Waals surface area contributed by atoms with Crippen molar-refractivity contribution in [3.8, 4) is 6.07 Å². The number of nitrogens with one attached hydrogen (secondary N) is 2. The van der Waals surface area contributed by atoms with Gasteiger partial charge in [0.1, 0.15) is 0 Å². The zero-order chi connectivity index (χ0) is 11.8. The summed E-state index contributed by atoms with van der Waals surface area (Å²) in [5, 5.41) is 27.8. The van der Waals surface area contributed by atoms with Gasteiger partial charge in [-0.3, -0.25) is 0 Å². The predicted molar refractivity (Wildman–Crippen MR) is 62.5 cm³/mol. The molecule has 0 aliphatic carbocycles. The maximum absolute atomic E-state index is 8.63. The lowest BCUT2D eigenvalue weighted by Crippen LogP contribution is -2.26. The molecule has 0 saturated heterocycles. The van der Waals surface area contributed by atoms with Crippen LogP contribution in [0.1, 0.15) is 11.1 Å². The lowest BCUT2D eigenvalue weighted by atomic mass is 10.1. The van der Waals surface area contributed by atoms with E-state index in [1.54, 1.807) is 12.1 Å². The van der Waals surface area contributed by atoms with Gasteiger partial charge in [0.2, 0.25) is 0 Å². The smallest absolute Gasteiger partial charge is 0.0991 e. The second-order valence-corrected chi connectivity index (χ2v) is 3.49. The largest absolute Gasteiger partial charge is 0.395 e. The number of hydrogen-bond acceptors (Lipinski definition) is 4. The van der Waals surface area contributed by atoms with Gasteiger partial charge in [-0.1, -0.05) is 12.1 Å². The third-order valence-corrected chi connectivity index (χ3v) is 2.13. The topological polar surface area (TPSA) is 79.9 Å². The Kier molecular flexibility index (Phi) is 5.20. The van der Waals surface area contributed by atoms with Crippen molar-refractivity contribution in [1.82, 2.24) is 5.32 Å². The quantitative estimate of drug-likeness (QED) is 0.485. The van der Waals surface area contributed by atoms with Crippen LogP contribution in [-0.2, 0) is 6.42 Å². The minimum absolute atomic E-state index is 0.0874. The van der Waals surface area contributed by atoms with Gasteiger partial charge in [-0.05, 0) is 17.7 Å². The van der Waals surface area contributed by atoms with Crippen molar-refractivity contribution in [1.29, 1.82) is 10.7 Å². The Balaban J connectivity index is 2.41. The molecule has 0 unspecified atom stereocenters. The fraction of sp³-hybridized carbons (Fsp3) is 0.333. The first-order valence-corrected chi connectivity index (χ1v) is 5.13. The van der Waals surface area contributed by atoms with E-state index in [9.17, 15) is 0 Å². The Hall–Kier alpha value is -1.70. The van der Waals surface area contributed by atoms with E-state index in [2.05, 4.69) is 11.4 Å². The Bertz CT molecular complexity index is 378. The van der Waals surface area contributed by atoms with E-state index in [1.807, 2.05) is 12.1 Å². The van der Waals surface area contributed by atoms with Crippen molar-refractivity contribution in [2.45, 2.75) is 6.42 Å². The highest BCUT2D eigenvalue weighted by molar-refractivity contribution is 5.85. The molecule has 84 valence electrons. The third kappa shape index (κ3) is 4.22. The van der Waals surface area contributed by atoms with E-state index in [0.717, 1.165) is 5.56 Å². The maximum atomic E-state index is 8.63. The molecule has 1 rings (SSSR count). The Morgan fingerprint density at radius 3 is 2.62 bits per heavy atom. The van der Waals surface area contributed by atoms with Gasteiger partial charge in [0.15, 0.2) is 0 Å². The van der Waals surface area contributed by atoms with Crippen molar-refractivity contribution in [3.63, 3.8) is 0 Å². The van der Waals surface area contributed by atoms with Crippen LogP contribution in [0.4, 0.5) is 0 Å². The lowest BCUT2D eigenvalue weighted by molar-refractivity contribution is 0.295. The molecule has 0 aliphatic heterocycles. The lowest BCUT2D eigenvalue weighted by Gasteiger charge is -2.05. The normalized spacial score (nSPS) is 9.75. The van der Waals surface area contributed by atoms with Crippen molar-refractivity contribution in [2.75, 3.05) is 19.7 Å². The summed E-state index contributed by atoms with van der Waals surface area (Å²) in [4.78, 5) is 0. The van der Waals surface area contributed by atoms with Crippen LogP contribution in [0.3, 0.4) is 0 Å². The highest BCUT2D eigenvalue weighted by Crippen LogP contribution is 2.04. The summed E-state index contributed by atoms with van der Waals surface area (Å²) in [6.07, 6.45) is 0.574. The highest BCUT2D eigenvalue weighted by Gasteiger charge is 1.99. The van der Waals surface area contributed by atoms with Gasteiger partial charge in [-0.25, -0.2) is 0 Å². The summed E-state index contributed by atoms with van der Waals surface area (Å²) < 4.78 is 0. The zero-order valence-corrected chi connectivity index (χ0v) is 9.03. The van der Waals surface area contributed by atoms with Crippen LogP contribution in [0.25, 0.3) is 0 Å². The number of aliphatic hydroxyl groups is 1. The van der Waals surface area contributed by atoms with Gasteiger partial charge in [0.05, 0.1) is 18.2 Å². The molecule has 0 radical (unpaired) electrons. The number of rotatable bonds is 6. The van der Waals surface area contributed by atoms with Gasteiger partial charge >= 0.3 is 0 Å². The molecule has 0 atom stereocenters. The van der Waals surface area contributed by atoms with Crippen LogP contribution >= 0.6 is 0 Å². The predicted octanol–water partition coefficient (Wildman–Crippen LogP) is 0.702. The SMILES string of the molecule is N#Cc1ccc(CC(=N)CNCCO)cc1.